The molecule has 5 aromatic rings. The standard InChI is InChI=1S/C37H29NO2S2/c1-24(25(2)32(23-38)37(39)40)26(3)33-18-20-35(41-33)36-21-19-34(42-36)30-16-14-27(15-17-30)22-31(28-10-6-4-7-11-28)29-12-8-5-9-13-29/h4-22H,1-3H3,(H,39,40)/b26-24+,32-25-. The lowest BCUT2D eigenvalue weighted by Crippen LogP contribution is -2.02. The molecule has 42 heavy (non-hydrogen) atoms. The molecule has 0 atom stereocenters. The summed E-state index contributed by atoms with van der Waals surface area (Å²) in [5, 5.41) is 18.6. The van der Waals surface area contributed by atoms with Crippen molar-refractivity contribution in [2.24, 2.45) is 0 Å². The average Bonchev–Trinajstić information content (AvgIpc) is 3.71. The first-order chi connectivity index (χ1) is 20.4. The average molecular weight is 584 g/mol. The molecule has 1 N–H and O–H groups in total. The fraction of sp³-hybridized carbons (Fsp3) is 0.0811. The lowest BCUT2D eigenvalue weighted by Gasteiger charge is -2.09. The second-order valence-corrected chi connectivity index (χ2v) is 12.1. The Morgan fingerprint density at radius 2 is 1.24 bits per heavy atom. The Balaban J connectivity index is 1.39. The van der Waals surface area contributed by atoms with Crippen molar-refractivity contribution in [1.29, 1.82) is 5.26 Å². The first kappa shape index (κ1) is 28.8. The summed E-state index contributed by atoms with van der Waals surface area (Å²) >= 11 is 3.43. The van der Waals surface area contributed by atoms with Crippen molar-refractivity contribution in [2.45, 2.75) is 20.8 Å². The highest BCUT2D eigenvalue weighted by Crippen LogP contribution is 2.40. The molecule has 0 amide bonds. The van der Waals surface area contributed by atoms with E-state index in [0.29, 0.717) is 5.57 Å². The second kappa shape index (κ2) is 12.8. The third-order valence-corrected chi connectivity index (χ3v) is 9.86. The summed E-state index contributed by atoms with van der Waals surface area (Å²) in [6, 6.07) is 39.9. The molecule has 2 heterocycles. The van der Waals surface area contributed by atoms with Crippen LogP contribution in [-0.4, -0.2) is 11.1 Å². The van der Waals surface area contributed by atoms with Crippen LogP contribution in [-0.2, 0) is 4.79 Å². The Morgan fingerprint density at radius 1 is 0.690 bits per heavy atom. The maximum atomic E-state index is 11.4. The molecule has 0 saturated heterocycles. The number of aliphatic carboxylic acids is 1. The number of thiophene rings is 2. The number of rotatable bonds is 8. The number of benzene rings is 3. The molecule has 5 heteroatoms. The molecular formula is C37H29NO2S2. The highest BCUT2D eigenvalue weighted by atomic mass is 32.1. The molecule has 0 aliphatic rings. The van der Waals surface area contributed by atoms with E-state index in [1.54, 1.807) is 29.6 Å². The lowest BCUT2D eigenvalue weighted by atomic mass is 9.95. The zero-order chi connectivity index (χ0) is 29.6. The fourth-order valence-corrected chi connectivity index (χ4v) is 6.89. The number of hydrogen-bond donors (Lipinski definition) is 1. The summed E-state index contributed by atoms with van der Waals surface area (Å²) in [6.45, 7) is 5.54. The molecule has 0 saturated carbocycles. The maximum Gasteiger partial charge on any atom is 0.346 e. The first-order valence-electron chi connectivity index (χ1n) is 13.5. The van der Waals surface area contributed by atoms with Crippen LogP contribution in [0.5, 0.6) is 0 Å². The molecule has 5 rings (SSSR count). The van der Waals surface area contributed by atoms with Gasteiger partial charge in [0, 0.05) is 19.5 Å². The van der Waals surface area contributed by atoms with Crippen LogP contribution in [0, 0.1) is 11.3 Å². The Labute approximate surface area is 254 Å². The minimum absolute atomic E-state index is 0.218. The van der Waals surface area contributed by atoms with Crippen LogP contribution in [0.1, 0.15) is 42.3 Å². The summed E-state index contributed by atoms with van der Waals surface area (Å²) in [4.78, 5) is 16.0. The molecule has 0 bridgehead atoms. The molecule has 0 unspecified atom stereocenters. The van der Waals surface area contributed by atoms with Crippen molar-refractivity contribution in [3.05, 3.63) is 147 Å². The Bertz CT molecular complexity index is 1820. The number of carboxylic acid groups (broad SMARTS) is 1. The van der Waals surface area contributed by atoms with Crippen LogP contribution in [0.15, 0.2) is 126 Å². The van der Waals surface area contributed by atoms with E-state index in [-0.39, 0.29) is 5.57 Å². The molecule has 3 aromatic carbocycles. The van der Waals surface area contributed by atoms with Gasteiger partial charge in [0.15, 0.2) is 0 Å². The summed E-state index contributed by atoms with van der Waals surface area (Å²) < 4.78 is 0. The topological polar surface area (TPSA) is 61.1 Å². The van der Waals surface area contributed by atoms with Gasteiger partial charge in [-0.15, -0.1) is 22.7 Å². The number of carbonyl (C=O) groups is 1. The molecule has 0 spiro atoms. The minimum Gasteiger partial charge on any atom is -0.477 e. The quantitative estimate of drug-likeness (QED) is 0.0855. The zero-order valence-corrected chi connectivity index (χ0v) is 25.2. The van der Waals surface area contributed by atoms with Crippen molar-refractivity contribution in [1.82, 2.24) is 0 Å². The van der Waals surface area contributed by atoms with Gasteiger partial charge < -0.3 is 5.11 Å². The van der Waals surface area contributed by atoms with E-state index in [1.165, 1.54) is 32.0 Å². The second-order valence-electron chi connectivity index (χ2n) is 9.91. The van der Waals surface area contributed by atoms with Gasteiger partial charge in [-0.1, -0.05) is 84.9 Å². The van der Waals surface area contributed by atoms with E-state index in [1.807, 2.05) is 32.0 Å². The SMILES string of the molecule is CC(=C(\C#N)C(=O)O)/C(C)=C(\C)c1ccc(-c2ccc(-c3ccc(C=C(c4ccccc4)c4ccccc4)cc3)s2)s1. The Kier molecular flexibility index (Phi) is 8.78. The van der Waals surface area contributed by atoms with Crippen LogP contribution < -0.4 is 0 Å². The van der Waals surface area contributed by atoms with Crippen molar-refractivity contribution >= 4 is 45.9 Å². The third kappa shape index (κ3) is 6.26. The number of carboxylic acids is 1. The summed E-state index contributed by atoms with van der Waals surface area (Å²) in [7, 11) is 0. The van der Waals surface area contributed by atoms with Gasteiger partial charge in [-0.2, -0.15) is 5.26 Å². The number of nitrogens with zero attached hydrogens (tertiary/aromatic N) is 1. The van der Waals surface area contributed by atoms with Crippen LogP contribution in [0.2, 0.25) is 0 Å². The highest BCUT2D eigenvalue weighted by molar-refractivity contribution is 7.24. The number of hydrogen-bond acceptors (Lipinski definition) is 4. The van der Waals surface area contributed by atoms with E-state index in [9.17, 15) is 15.2 Å². The lowest BCUT2D eigenvalue weighted by molar-refractivity contribution is -0.132. The Hall–Kier alpha value is -4.76. The first-order valence-corrected chi connectivity index (χ1v) is 15.1. The zero-order valence-electron chi connectivity index (χ0n) is 23.6. The molecule has 0 aliphatic carbocycles. The normalized spacial score (nSPS) is 12.1. The minimum atomic E-state index is -1.20. The van der Waals surface area contributed by atoms with E-state index < -0.39 is 5.97 Å². The van der Waals surface area contributed by atoms with Gasteiger partial charge in [0.1, 0.15) is 11.6 Å². The van der Waals surface area contributed by atoms with Gasteiger partial charge in [-0.3, -0.25) is 0 Å². The van der Waals surface area contributed by atoms with Crippen LogP contribution in [0.25, 0.3) is 37.4 Å². The summed E-state index contributed by atoms with van der Waals surface area (Å²) in [5.74, 6) is -1.20. The monoisotopic (exact) mass is 583 g/mol. The largest absolute Gasteiger partial charge is 0.477 e. The smallest absolute Gasteiger partial charge is 0.346 e. The third-order valence-electron chi connectivity index (χ3n) is 7.33. The van der Waals surface area contributed by atoms with Gasteiger partial charge in [0.2, 0.25) is 0 Å². The van der Waals surface area contributed by atoms with E-state index in [4.69, 9.17) is 0 Å². The predicted molar refractivity (Wildman–Crippen MR) is 177 cm³/mol. The Morgan fingerprint density at radius 3 is 1.81 bits per heavy atom. The molecule has 0 radical (unpaired) electrons. The summed E-state index contributed by atoms with van der Waals surface area (Å²) in [5.41, 5.74) is 7.94. The predicted octanol–water partition coefficient (Wildman–Crippen LogP) is 10.5. The molecular weight excluding hydrogens is 555 g/mol. The van der Waals surface area contributed by atoms with Crippen LogP contribution in [0.3, 0.4) is 0 Å². The van der Waals surface area contributed by atoms with Crippen molar-refractivity contribution in [2.75, 3.05) is 0 Å². The van der Waals surface area contributed by atoms with Gasteiger partial charge in [0.05, 0.1) is 0 Å². The van der Waals surface area contributed by atoms with Crippen LogP contribution >= 0.6 is 22.7 Å². The molecule has 3 nitrogen and oxygen atoms in total. The molecule has 2 aromatic heterocycles. The van der Waals surface area contributed by atoms with E-state index in [0.717, 1.165) is 26.5 Å². The molecule has 206 valence electrons. The fourth-order valence-electron chi connectivity index (χ4n) is 4.72. The molecule has 0 fully saturated rings. The maximum absolute atomic E-state index is 11.4. The van der Waals surface area contributed by atoms with Gasteiger partial charge >= 0.3 is 5.97 Å². The van der Waals surface area contributed by atoms with Crippen molar-refractivity contribution < 1.29 is 9.90 Å². The van der Waals surface area contributed by atoms with Crippen molar-refractivity contribution in [3.8, 4) is 26.3 Å². The van der Waals surface area contributed by atoms with E-state index >= 15 is 0 Å². The number of allylic oxidation sites excluding steroid dienone is 3. The van der Waals surface area contributed by atoms with Crippen molar-refractivity contribution in [3.63, 3.8) is 0 Å². The van der Waals surface area contributed by atoms with Gasteiger partial charge in [-0.05, 0) is 95.7 Å². The highest BCUT2D eigenvalue weighted by Gasteiger charge is 2.15. The summed E-state index contributed by atoms with van der Waals surface area (Å²) in [6.07, 6.45) is 2.24. The molecule has 0 aliphatic heterocycles. The van der Waals surface area contributed by atoms with E-state index in [2.05, 4.69) is 103 Å². The van der Waals surface area contributed by atoms with Gasteiger partial charge in [0.25, 0.3) is 0 Å². The van der Waals surface area contributed by atoms with Gasteiger partial charge in [-0.25, -0.2) is 4.79 Å². The van der Waals surface area contributed by atoms with Crippen LogP contribution in [0.4, 0.5) is 0 Å². The number of nitriles is 1.